The van der Waals surface area contributed by atoms with Gasteiger partial charge in [-0.2, -0.15) is 0 Å². The number of thiocarbonyl (C=S) groups is 1. The van der Waals surface area contributed by atoms with Gasteiger partial charge < -0.3 is 9.84 Å². The number of nitrogens with zero attached hydrogens (tertiary/aromatic N) is 2. The summed E-state index contributed by atoms with van der Waals surface area (Å²) in [5.41, 5.74) is 0.749. The number of ether oxygens (including phenoxy) is 1. The number of hydrogen-bond acceptors (Lipinski definition) is 7. The van der Waals surface area contributed by atoms with Crippen molar-refractivity contribution >= 4 is 67.6 Å². The molecule has 0 radical (unpaired) electrons. The Kier molecular flexibility index (Phi) is 5.49. The zero-order chi connectivity index (χ0) is 19.7. The number of nitro benzene ring substituents is 1. The molecule has 1 amide bonds. The molecule has 0 atom stereocenters. The number of benzene rings is 2. The van der Waals surface area contributed by atoms with E-state index in [0.29, 0.717) is 24.9 Å². The molecule has 7 nitrogen and oxygen atoms in total. The molecule has 10 heteroatoms. The van der Waals surface area contributed by atoms with E-state index < -0.39 is 4.92 Å². The SMILES string of the molecule is COc1cc(Br)cc(/C=C2/SC(=S)N(c3ccc([N+](=O)[O-])cc3)C2=O)c1O. The number of nitro groups is 1. The molecule has 3 rings (SSSR count). The minimum Gasteiger partial charge on any atom is -0.504 e. The molecule has 1 N–H and O–H groups in total. The quantitative estimate of drug-likeness (QED) is 0.307. The zero-order valence-corrected chi connectivity index (χ0v) is 16.9. The molecule has 0 saturated carbocycles. The highest BCUT2D eigenvalue weighted by molar-refractivity contribution is 9.10. The highest BCUT2D eigenvalue weighted by atomic mass is 79.9. The second-order valence-corrected chi connectivity index (χ2v) is 7.93. The Balaban J connectivity index is 1.96. The molecule has 138 valence electrons. The largest absolute Gasteiger partial charge is 0.504 e. The van der Waals surface area contributed by atoms with Crippen molar-refractivity contribution in [3.63, 3.8) is 0 Å². The number of carbonyl (C=O) groups is 1. The first-order valence-electron chi connectivity index (χ1n) is 7.40. The van der Waals surface area contributed by atoms with Crippen molar-refractivity contribution in [1.29, 1.82) is 0 Å². The summed E-state index contributed by atoms with van der Waals surface area (Å²) in [7, 11) is 1.43. The fourth-order valence-corrected chi connectivity index (χ4v) is 4.16. The lowest BCUT2D eigenvalue weighted by molar-refractivity contribution is -0.384. The summed E-state index contributed by atoms with van der Waals surface area (Å²) in [6.45, 7) is 0. The number of anilines is 1. The summed E-state index contributed by atoms with van der Waals surface area (Å²) in [5, 5.41) is 21.0. The Bertz CT molecular complexity index is 992. The van der Waals surface area contributed by atoms with Crippen LogP contribution in [0.5, 0.6) is 11.5 Å². The van der Waals surface area contributed by atoms with Gasteiger partial charge in [0.15, 0.2) is 15.8 Å². The number of non-ortho nitro benzene ring substituents is 1. The van der Waals surface area contributed by atoms with Crippen molar-refractivity contribution in [3.8, 4) is 11.5 Å². The fraction of sp³-hybridized carbons (Fsp3) is 0.0588. The molecular weight excluding hydrogens is 456 g/mol. The van der Waals surface area contributed by atoms with Gasteiger partial charge in [-0.1, -0.05) is 39.9 Å². The average molecular weight is 467 g/mol. The van der Waals surface area contributed by atoms with Gasteiger partial charge >= 0.3 is 0 Å². The predicted molar refractivity (Wildman–Crippen MR) is 111 cm³/mol. The number of halogens is 1. The van der Waals surface area contributed by atoms with Crippen molar-refractivity contribution in [1.82, 2.24) is 0 Å². The summed E-state index contributed by atoms with van der Waals surface area (Å²) in [4.78, 5) is 24.6. The van der Waals surface area contributed by atoms with Crippen LogP contribution >= 0.6 is 39.9 Å². The van der Waals surface area contributed by atoms with Crippen LogP contribution in [0.2, 0.25) is 0 Å². The molecule has 1 saturated heterocycles. The van der Waals surface area contributed by atoms with E-state index in [1.807, 2.05) is 0 Å². The molecule has 0 bridgehead atoms. The van der Waals surface area contributed by atoms with Crippen LogP contribution in [-0.2, 0) is 4.79 Å². The summed E-state index contributed by atoms with van der Waals surface area (Å²) in [6, 6.07) is 8.80. The van der Waals surface area contributed by atoms with Gasteiger partial charge in [0.1, 0.15) is 0 Å². The van der Waals surface area contributed by atoms with Gasteiger partial charge in [-0.25, -0.2) is 0 Å². The molecule has 0 aromatic heterocycles. The number of amides is 1. The van der Waals surface area contributed by atoms with Gasteiger partial charge in [-0.3, -0.25) is 19.8 Å². The fourth-order valence-electron chi connectivity index (χ4n) is 2.42. The van der Waals surface area contributed by atoms with Crippen LogP contribution in [-0.4, -0.2) is 27.4 Å². The third kappa shape index (κ3) is 3.82. The van der Waals surface area contributed by atoms with Crippen molar-refractivity contribution in [2.75, 3.05) is 12.0 Å². The van der Waals surface area contributed by atoms with Crippen molar-refractivity contribution in [2.24, 2.45) is 0 Å². The number of hydrogen-bond donors (Lipinski definition) is 1. The second kappa shape index (κ2) is 7.67. The Morgan fingerprint density at radius 2 is 2.00 bits per heavy atom. The summed E-state index contributed by atoms with van der Waals surface area (Å²) in [5.74, 6) is -0.208. The lowest BCUT2D eigenvalue weighted by Crippen LogP contribution is -2.27. The second-order valence-electron chi connectivity index (χ2n) is 5.34. The molecule has 1 heterocycles. The van der Waals surface area contributed by atoms with E-state index in [0.717, 1.165) is 11.8 Å². The van der Waals surface area contributed by atoms with Crippen LogP contribution < -0.4 is 9.64 Å². The molecule has 2 aromatic rings. The smallest absolute Gasteiger partial charge is 0.270 e. The number of methoxy groups -OCH3 is 1. The molecule has 1 aliphatic rings. The van der Waals surface area contributed by atoms with E-state index in [1.54, 1.807) is 12.1 Å². The van der Waals surface area contributed by atoms with Crippen LogP contribution in [0.15, 0.2) is 45.8 Å². The minimum atomic E-state index is -0.516. The topological polar surface area (TPSA) is 92.9 Å². The Morgan fingerprint density at radius 1 is 1.33 bits per heavy atom. The number of rotatable bonds is 4. The highest BCUT2D eigenvalue weighted by Crippen LogP contribution is 2.40. The maximum atomic E-state index is 12.8. The Morgan fingerprint density at radius 3 is 2.59 bits per heavy atom. The molecular formula is C17H11BrN2O5S2. The lowest BCUT2D eigenvalue weighted by Gasteiger charge is -2.14. The Labute approximate surface area is 171 Å². The maximum Gasteiger partial charge on any atom is 0.270 e. The highest BCUT2D eigenvalue weighted by Gasteiger charge is 2.33. The monoisotopic (exact) mass is 466 g/mol. The van der Waals surface area contributed by atoms with Gasteiger partial charge in [0, 0.05) is 22.2 Å². The van der Waals surface area contributed by atoms with E-state index in [2.05, 4.69) is 15.9 Å². The summed E-state index contributed by atoms with van der Waals surface area (Å²) in [6.07, 6.45) is 1.52. The molecule has 27 heavy (non-hydrogen) atoms. The van der Waals surface area contributed by atoms with Crippen molar-refractivity contribution in [3.05, 3.63) is 61.5 Å². The third-order valence-corrected chi connectivity index (χ3v) is 5.45. The normalized spacial score (nSPS) is 15.5. The number of thioether (sulfide) groups is 1. The first-order valence-corrected chi connectivity index (χ1v) is 9.42. The van der Waals surface area contributed by atoms with Crippen LogP contribution in [0.25, 0.3) is 6.08 Å². The van der Waals surface area contributed by atoms with Crippen LogP contribution in [0.4, 0.5) is 11.4 Å². The van der Waals surface area contributed by atoms with Crippen LogP contribution in [0, 0.1) is 10.1 Å². The van der Waals surface area contributed by atoms with E-state index in [4.69, 9.17) is 17.0 Å². The minimum absolute atomic E-state index is 0.0779. The van der Waals surface area contributed by atoms with Gasteiger partial charge in [0.2, 0.25) is 0 Å². The molecule has 0 spiro atoms. The molecule has 0 aliphatic carbocycles. The third-order valence-electron chi connectivity index (χ3n) is 3.69. The first kappa shape index (κ1) is 19.3. The van der Waals surface area contributed by atoms with E-state index >= 15 is 0 Å². The standard InChI is InChI=1S/C17H11BrN2O5S2/c1-25-13-8-10(18)6-9(15(13)21)7-14-16(22)19(17(26)27-14)11-2-4-12(5-3-11)20(23)24/h2-8,21H,1H3/b14-7+. The lowest BCUT2D eigenvalue weighted by atomic mass is 10.1. The van der Waals surface area contributed by atoms with Gasteiger partial charge in [0.25, 0.3) is 11.6 Å². The Hall–Kier alpha value is -2.43. The molecule has 1 aliphatic heterocycles. The first-order chi connectivity index (χ1) is 12.8. The molecule has 0 unspecified atom stereocenters. The zero-order valence-electron chi connectivity index (χ0n) is 13.7. The van der Waals surface area contributed by atoms with E-state index in [1.165, 1.54) is 42.4 Å². The number of carbonyl (C=O) groups excluding carboxylic acids is 1. The maximum absolute atomic E-state index is 12.8. The number of aromatic hydroxyl groups is 1. The van der Waals surface area contributed by atoms with E-state index in [-0.39, 0.29) is 23.1 Å². The number of phenolic OH excluding ortho intramolecular Hbond substituents is 1. The number of phenols is 1. The van der Waals surface area contributed by atoms with Gasteiger partial charge in [-0.05, 0) is 30.3 Å². The molecule has 2 aromatic carbocycles. The van der Waals surface area contributed by atoms with Crippen LogP contribution in [0.1, 0.15) is 5.56 Å². The summed E-state index contributed by atoms with van der Waals surface area (Å²) >= 11 is 9.69. The van der Waals surface area contributed by atoms with Gasteiger partial charge in [0.05, 0.1) is 22.6 Å². The molecule has 1 fully saturated rings. The van der Waals surface area contributed by atoms with Gasteiger partial charge in [-0.15, -0.1) is 0 Å². The van der Waals surface area contributed by atoms with Crippen LogP contribution in [0.3, 0.4) is 0 Å². The van der Waals surface area contributed by atoms with E-state index in [9.17, 15) is 20.0 Å². The summed E-state index contributed by atoms with van der Waals surface area (Å²) < 4.78 is 6.08. The predicted octanol–water partition coefficient (Wildman–Crippen LogP) is 4.48. The average Bonchev–Trinajstić information content (AvgIpc) is 2.91. The van der Waals surface area contributed by atoms with Crippen molar-refractivity contribution in [2.45, 2.75) is 0 Å². The van der Waals surface area contributed by atoms with Crippen molar-refractivity contribution < 1.29 is 19.6 Å².